The zero-order valence-corrected chi connectivity index (χ0v) is 15.9. The monoisotopic (exact) mass is 377 g/mol. The number of benzene rings is 1. The van der Waals surface area contributed by atoms with Crippen LogP contribution in [0.5, 0.6) is 0 Å². The highest BCUT2D eigenvalue weighted by Crippen LogP contribution is 2.40. The van der Waals surface area contributed by atoms with Crippen LogP contribution in [0.15, 0.2) is 47.3 Å². The Labute approximate surface area is 163 Å². The van der Waals surface area contributed by atoms with Crippen molar-refractivity contribution in [2.24, 2.45) is 0 Å². The number of amides is 1. The van der Waals surface area contributed by atoms with Gasteiger partial charge in [-0.15, -0.1) is 0 Å². The molecule has 1 aliphatic carbocycles. The van der Waals surface area contributed by atoms with E-state index >= 15 is 0 Å². The van der Waals surface area contributed by atoms with E-state index in [2.05, 4.69) is 17.1 Å². The van der Waals surface area contributed by atoms with Gasteiger partial charge in [-0.1, -0.05) is 12.1 Å². The number of aromatic nitrogens is 4. The van der Waals surface area contributed by atoms with Gasteiger partial charge in [-0.05, 0) is 44.7 Å². The van der Waals surface area contributed by atoms with Crippen LogP contribution >= 0.6 is 0 Å². The highest BCUT2D eigenvalue weighted by Gasteiger charge is 2.35. The van der Waals surface area contributed by atoms with E-state index in [1.807, 2.05) is 29.2 Å². The van der Waals surface area contributed by atoms with Gasteiger partial charge in [0.1, 0.15) is 6.26 Å². The predicted octanol–water partition coefficient (Wildman–Crippen LogP) is 3.54. The third-order valence-corrected chi connectivity index (χ3v) is 5.80. The molecule has 1 aromatic carbocycles. The molecule has 28 heavy (non-hydrogen) atoms. The van der Waals surface area contributed by atoms with Gasteiger partial charge < -0.3 is 9.32 Å². The second-order valence-corrected chi connectivity index (χ2v) is 7.80. The molecule has 0 N–H and O–H groups in total. The molecule has 1 aliphatic heterocycles. The van der Waals surface area contributed by atoms with Crippen molar-refractivity contribution in [3.05, 3.63) is 60.1 Å². The minimum absolute atomic E-state index is 0.000859. The fourth-order valence-electron chi connectivity index (χ4n) is 3.97. The number of hydrogen-bond donors (Lipinski definition) is 0. The topological polar surface area (TPSA) is 77.0 Å². The predicted molar refractivity (Wildman–Crippen MR) is 102 cm³/mol. The van der Waals surface area contributed by atoms with Crippen LogP contribution in [0.3, 0.4) is 0 Å². The standard InChI is InChI=1S/C21H23N5O2/c1-14-6-7-16(20-24-18(13-28-20)15-8-9-15)12-25(14)21(27)17-4-2-3-5-19(17)26-22-10-11-23-26/h2-5,10-11,13-16H,6-9,12H2,1H3/t14-,16-/m1/s1. The zero-order chi connectivity index (χ0) is 19.1. The number of oxazole rings is 1. The lowest BCUT2D eigenvalue weighted by atomic mass is 9.92. The summed E-state index contributed by atoms with van der Waals surface area (Å²) >= 11 is 0. The van der Waals surface area contributed by atoms with Crippen molar-refractivity contribution in [1.82, 2.24) is 24.9 Å². The van der Waals surface area contributed by atoms with Crippen molar-refractivity contribution in [2.45, 2.75) is 50.5 Å². The maximum absolute atomic E-state index is 13.4. The lowest BCUT2D eigenvalue weighted by Gasteiger charge is -2.37. The molecule has 1 amide bonds. The normalized spacial score (nSPS) is 22.4. The van der Waals surface area contributed by atoms with Crippen molar-refractivity contribution in [2.75, 3.05) is 6.54 Å². The molecular weight excluding hydrogens is 354 g/mol. The molecule has 3 aromatic rings. The molecule has 7 heteroatoms. The smallest absolute Gasteiger partial charge is 0.256 e. The summed E-state index contributed by atoms with van der Waals surface area (Å²) in [5.74, 6) is 1.49. The Bertz CT molecular complexity index is 976. The van der Waals surface area contributed by atoms with Gasteiger partial charge in [-0.25, -0.2) is 4.98 Å². The van der Waals surface area contributed by atoms with E-state index in [-0.39, 0.29) is 17.9 Å². The highest BCUT2D eigenvalue weighted by molar-refractivity contribution is 5.98. The molecule has 144 valence electrons. The summed E-state index contributed by atoms with van der Waals surface area (Å²) in [6.07, 6.45) is 9.35. The van der Waals surface area contributed by atoms with E-state index in [1.54, 1.807) is 18.7 Å². The number of nitrogens with zero attached hydrogens (tertiary/aromatic N) is 5. The van der Waals surface area contributed by atoms with Gasteiger partial charge in [-0.3, -0.25) is 4.79 Å². The molecule has 0 unspecified atom stereocenters. The molecule has 0 radical (unpaired) electrons. The highest BCUT2D eigenvalue weighted by atomic mass is 16.3. The van der Waals surface area contributed by atoms with E-state index < -0.39 is 0 Å². The Morgan fingerprint density at radius 2 is 1.82 bits per heavy atom. The Kier molecular flexibility index (Phi) is 4.22. The summed E-state index contributed by atoms with van der Waals surface area (Å²) in [6.45, 7) is 2.72. The van der Waals surface area contributed by atoms with Gasteiger partial charge in [-0.2, -0.15) is 15.0 Å². The van der Waals surface area contributed by atoms with Gasteiger partial charge in [0.15, 0.2) is 5.89 Å². The maximum atomic E-state index is 13.4. The van der Waals surface area contributed by atoms with E-state index in [9.17, 15) is 4.79 Å². The summed E-state index contributed by atoms with van der Waals surface area (Å²) < 4.78 is 5.78. The number of piperidine rings is 1. The third-order valence-electron chi connectivity index (χ3n) is 5.80. The number of carbonyl (C=O) groups is 1. The fraction of sp³-hybridized carbons (Fsp3) is 0.429. The van der Waals surface area contributed by atoms with E-state index in [4.69, 9.17) is 9.40 Å². The molecule has 1 saturated heterocycles. The van der Waals surface area contributed by atoms with Gasteiger partial charge in [0.25, 0.3) is 5.91 Å². The van der Waals surface area contributed by atoms with Crippen LogP contribution in [0.2, 0.25) is 0 Å². The summed E-state index contributed by atoms with van der Waals surface area (Å²) in [5, 5.41) is 8.38. The minimum atomic E-state index is -0.000859. The molecular formula is C21H23N5O2. The Hall–Kier alpha value is -2.96. The minimum Gasteiger partial charge on any atom is -0.448 e. The van der Waals surface area contributed by atoms with Crippen molar-refractivity contribution >= 4 is 5.91 Å². The van der Waals surface area contributed by atoms with Crippen LogP contribution in [0.4, 0.5) is 0 Å². The molecule has 2 aliphatic rings. The molecule has 1 saturated carbocycles. The Balaban J connectivity index is 1.41. The first-order valence-electron chi connectivity index (χ1n) is 9.92. The summed E-state index contributed by atoms with van der Waals surface area (Å²) in [4.78, 5) is 21.6. The fourth-order valence-corrected chi connectivity index (χ4v) is 3.97. The molecule has 3 heterocycles. The van der Waals surface area contributed by atoms with Crippen molar-refractivity contribution in [1.29, 1.82) is 0 Å². The van der Waals surface area contributed by atoms with Crippen LogP contribution in [-0.2, 0) is 0 Å². The van der Waals surface area contributed by atoms with Crippen molar-refractivity contribution in [3.8, 4) is 5.69 Å². The first-order chi connectivity index (χ1) is 13.7. The molecule has 7 nitrogen and oxygen atoms in total. The van der Waals surface area contributed by atoms with Crippen LogP contribution < -0.4 is 0 Å². The van der Waals surface area contributed by atoms with Crippen molar-refractivity contribution < 1.29 is 9.21 Å². The van der Waals surface area contributed by atoms with Gasteiger partial charge >= 0.3 is 0 Å². The molecule has 0 bridgehead atoms. The van der Waals surface area contributed by atoms with E-state index in [0.717, 1.165) is 24.4 Å². The lowest BCUT2D eigenvalue weighted by Crippen LogP contribution is -2.45. The molecule has 2 aromatic heterocycles. The summed E-state index contributed by atoms with van der Waals surface area (Å²) in [5.41, 5.74) is 2.37. The molecule has 0 spiro atoms. The number of rotatable bonds is 4. The first kappa shape index (κ1) is 17.2. The average molecular weight is 377 g/mol. The number of hydrogen-bond acceptors (Lipinski definition) is 5. The number of likely N-dealkylation sites (tertiary alicyclic amines) is 1. The van der Waals surface area contributed by atoms with Crippen LogP contribution in [0.1, 0.15) is 66.4 Å². The quantitative estimate of drug-likeness (QED) is 0.695. The van der Waals surface area contributed by atoms with Crippen LogP contribution in [0.25, 0.3) is 5.69 Å². The van der Waals surface area contributed by atoms with Crippen molar-refractivity contribution in [3.63, 3.8) is 0 Å². The van der Waals surface area contributed by atoms with E-state index in [1.165, 1.54) is 17.6 Å². The zero-order valence-electron chi connectivity index (χ0n) is 15.9. The maximum Gasteiger partial charge on any atom is 0.256 e. The SMILES string of the molecule is C[C@@H]1CC[C@@H](c2nc(C3CC3)co2)CN1C(=O)c1ccccc1-n1nccn1. The van der Waals surface area contributed by atoms with Crippen LogP contribution in [-0.4, -0.2) is 43.4 Å². The Morgan fingerprint density at radius 1 is 1.07 bits per heavy atom. The second kappa shape index (κ2) is 6.89. The molecule has 2 atom stereocenters. The molecule has 5 rings (SSSR count). The third kappa shape index (κ3) is 3.10. The van der Waals surface area contributed by atoms with E-state index in [0.29, 0.717) is 23.7 Å². The number of para-hydroxylation sites is 1. The number of carbonyl (C=O) groups excluding carboxylic acids is 1. The first-order valence-corrected chi connectivity index (χ1v) is 9.92. The largest absolute Gasteiger partial charge is 0.448 e. The second-order valence-electron chi connectivity index (χ2n) is 7.80. The summed E-state index contributed by atoms with van der Waals surface area (Å²) in [7, 11) is 0. The Morgan fingerprint density at radius 3 is 2.61 bits per heavy atom. The molecule has 2 fully saturated rings. The summed E-state index contributed by atoms with van der Waals surface area (Å²) in [6, 6.07) is 7.65. The van der Waals surface area contributed by atoms with Gasteiger partial charge in [0.05, 0.1) is 35.3 Å². The lowest BCUT2D eigenvalue weighted by molar-refractivity contribution is 0.0596. The average Bonchev–Trinajstić information content (AvgIpc) is 3.21. The van der Waals surface area contributed by atoms with Gasteiger partial charge in [0, 0.05) is 18.5 Å². The van der Waals surface area contributed by atoms with Crippen LogP contribution in [0, 0.1) is 0 Å². The van der Waals surface area contributed by atoms with Gasteiger partial charge in [0.2, 0.25) is 0 Å².